The van der Waals surface area contributed by atoms with Crippen LogP contribution < -0.4 is 10.6 Å². The fraction of sp³-hybridized carbons (Fsp3) is 0.176. The van der Waals surface area contributed by atoms with E-state index in [2.05, 4.69) is 21.7 Å². The summed E-state index contributed by atoms with van der Waals surface area (Å²) in [6.07, 6.45) is 1.56. The fourth-order valence-electron chi connectivity index (χ4n) is 2.53. The van der Waals surface area contributed by atoms with Gasteiger partial charge in [0.2, 0.25) is 11.8 Å². The molecule has 2 heterocycles. The molecule has 0 spiro atoms. The number of hydrogen-bond acceptors (Lipinski definition) is 6. The van der Waals surface area contributed by atoms with Crippen LogP contribution in [0.5, 0.6) is 0 Å². The second-order valence-corrected chi connectivity index (χ2v) is 7.24. The summed E-state index contributed by atoms with van der Waals surface area (Å²) in [5.74, 6) is -1.77. The van der Waals surface area contributed by atoms with Gasteiger partial charge in [0.15, 0.2) is 5.13 Å². The number of nitriles is 1. The number of thioether (sulfide) groups is 1. The minimum atomic E-state index is -0.667. The Balaban J connectivity index is 1.79. The summed E-state index contributed by atoms with van der Waals surface area (Å²) in [4.78, 5) is 28.0. The number of thiazole rings is 1. The quantitative estimate of drug-likeness (QED) is 0.821. The minimum Gasteiger partial charge on any atom is -0.320 e. The van der Waals surface area contributed by atoms with Crippen molar-refractivity contribution in [2.24, 2.45) is 0 Å². The highest BCUT2D eigenvalue weighted by molar-refractivity contribution is 8.03. The highest BCUT2D eigenvalue weighted by Gasteiger charge is 2.31. The normalized spacial score (nSPS) is 16.8. The lowest BCUT2D eigenvalue weighted by atomic mass is 9.87. The van der Waals surface area contributed by atoms with Gasteiger partial charge >= 0.3 is 0 Å². The van der Waals surface area contributed by atoms with Crippen molar-refractivity contribution < 1.29 is 14.0 Å². The van der Waals surface area contributed by atoms with Gasteiger partial charge in [0, 0.05) is 23.9 Å². The Morgan fingerprint density at radius 3 is 3.00 bits per heavy atom. The molecular formula is C17H13FN4O2S2. The van der Waals surface area contributed by atoms with Crippen molar-refractivity contribution in [1.82, 2.24) is 10.3 Å². The van der Waals surface area contributed by atoms with Gasteiger partial charge in [-0.05, 0) is 11.6 Å². The van der Waals surface area contributed by atoms with Gasteiger partial charge in [-0.15, -0.1) is 11.3 Å². The zero-order valence-corrected chi connectivity index (χ0v) is 15.0. The number of carbonyl (C=O) groups is 2. The Morgan fingerprint density at radius 2 is 2.31 bits per heavy atom. The van der Waals surface area contributed by atoms with Crippen molar-refractivity contribution >= 4 is 40.0 Å². The summed E-state index contributed by atoms with van der Waals surface area (Å²) < 4.78 is 14.1. The maximum Gasteiger partial charge on any atom is 0.236 e. The molecule has 0 aliphatic carbocycles. The van der Waals surface area contributed by atoms with Crippen molar-refractivity contribution in [2.75, 3.05) is 11.1 Å². The third-order valence-electron chi connectivity index (χ3n) is 3.66. The SMILES string of the molecule is N#CC1=C(SCC(=O)Nc2nccs2)NC(=O)C[C@@H]1c1ccccc1F. The number of anilines is 1. The molecule has 1 aliphatic heterocycles. The Kier molecular flexibility index (Phi) is 5.65. The predicted octanol–water partition coefficient (Wildman–Crippen LogP) is 2.99. The van der Waals surface area contributed by atoms with Crippen molar-refractivity contribution in [2.45, 2.75) is 12.3 Å². The smallest absolute Gasteiger partial charge is 0.236 e. The predicted molar refractivity (Wildman–Crippen MR) is 97.7 cm³/mol. The third-order valence-corrected chi connectivity index (χ3v) is 5.37. The van der Waals surface area contributed by atoms with Crippen molar-refractivity contribution in [3.8, 4) is 6.07 Å². The lowest BCUT2D eigenvalue weighted by Crippen LogP contribution is -2.31. The number of nitrogens with zero attached hydrogens (tertiary/aromatic N) is 2. The second kappa shape index (κ2) is 8.12. The molecule has 1 atom stereocenters. The molecule has 2 aromatic rings. The first-order chi connectivity index (χ1) is 12.6. The topological polar surface area (TPSA) is 94.9 Å². The first-order valence-electron chi connectivity index (χ1n) is 7.59. The van der Waals surface area contributed by atoms with E-state index in [-0.39, 0.29) is 34.6 Å². The molecule has 2 amide bonds. The Morgan fingerprint density at radius 1 is 1.50 bits per heavy atom. The van der Waals surface area contributed by atoms with Crippen molar-refractivity contribution in [3.05, 3.63) is 57.8 Å². The number of benzene rings is 1. The van der Waals surface area contributed by atoms with E-state index >= 15 is 0 Å². The number of nitrogens with one attached hydrogen (secondary N) is 2. The summed E-state index contributed by atoms with van der Waals surface area (Å²) in [5, 5.41) is 17.3. The highest BCUT2D eigenvalue weighted by Crippen LogP contribution is 2.36. The molecular weight excluding hydrogens is 375 g/mol. The molecule has 6 nitrogen and oxygen atoms in total. The average molecular weight is 388 g/mol. The van der Waals surface area contributed by atoms with Gasteiger partial charge in [0.25, 0.3) is 0 Å². The number of aromatic nitrogens is 1. The van der Waals surface area contributed by atoms with E-state index < -0.39 is 11.7 Å². The Bertz CT molecular complexity index is 906. The number of halogens is 1. The van der Waals surface area contributed by atoms with Crippen LogP contribution in [0.2, 0.25) is 0 Å². The standard InChI is InChI=1S/C17H13FN4O2S2/c18-13-4-2-1-3-10(13)11-7-14(23)21-16(12(11)8-19)26-9-15(24)22-17-20-5-6-25-17/h1-6,11H,7,9H2,(H,21,23)(H,20,22,24)/t11-/m1/s1. The molecule has 1 aromatic heterocycles. The molecule has 0 unspecified atom stereocenters. The van der Waals surface area contributed by atoms with Crippen molar-refractivity contribution in [1.29, 1.82) is 5.26 Å². The third kappa shape index (κ3) is 4.09. The van der Waals surface area contributed by atoms with Crippen LogP contribution in [0.3, 0.4) is 0 Å². The summed E-state index contributed by atoms with van der Waals surface area (Å²) in [6, 6.07) is 8.13. The van der Waals surface area contributed by atoms with Gasteiger partial charge in [-0.2, -0.15) is 5.26 Å². The van der Waals surface area contributed by atoms with Crippen LogP contribution in [-0.4, -0.2) is 22.6 Å². The Hall–Kier alpha value is -2.70. The van der Waals surface area contributed by atoms with Crippen LogP contribution in [0, 0.1) is 17.1 Å². The van der Waals surface area contributed by atoms with Gasteiger partial charge < -0.3 is 10.6 Å². The highest BCUT2D eigenvalue weighted by atomic mass is 32.2. The molecule has 3 rings (SSSR count). The molecule has 0 saturated heterocycles. The van der Waals surface area contributed by atoms with Crippen LogP contribution >= 0.6 is 23.1 Å². The fourth-order valence-corrected chi connectivity index (χ4v) is 3.96. The zero-order valence-electron chi connectivity index (χ0n) is 13.4. The summed E-state index contributed by atoms with van der Waals surface area (Å²) in [7, 11) is 0. The molecule has 0 bridgehead atoms. The number of carbonyl (C=O) groups excluding carboxylic acids is 2. The lowest BCUT2D eigenvalue weighted by Gasteiger charge is -2.25. The number of hydrogen-bond donors (Lipinski definition) is 2. The van der Waals surface area contributed by atoms with Gasteiger partial charge in [-0.1, -0.05) is 30.0 Å². The number of allylic oxidation sites excluding steroid dienone is 1. The van der Waals surface area contributed by atoms with Crippen LogP contribution in [0.1, 0.15) is 17.9 Å². The van der Waals surface area contributed by atoms with E-state index in [9.17, 15) is 19.2 Å². The van der Waals surface area contributed by atoms with E-state index in [1.165, 1.54) is 17.4 Å². The van der Waals surface area contributed by atoms with E-state index in [4.69, 9.17) is 0 Å². The lowest BCUT2D eigenvalue weighted by molar-refractivity contribution is -0.121. The molecule has 1 aromatic carbocycles. The monoisotopic (exact) mass is 388 g/mol. The summed E-state index contributed by atoms with van der Waals surface area (Å²) >= 11 is 2.32. The summed E-state index contributed by atoms with van der Waals surface area (Å²) in [6.45, 7) is 0. The van der Waals surface area contributed by atoms with Gasteiger partial charge in [-0.25, -0.2) is 9.37 Å². The second-order valence-electron chi connectivity index (χ2n) is 5.36. The maximum absolute atomic E-state index is 14.1. The van der Waals surface area contributed by atoms with E-state index in [0.29, 0.717) is 10.7 Å². The van der Waals surface area contributed by atoms with E-state index in [1.54, 1.807) is 29.8 Å². The zero-order chi connectivity index (χ0) is 18.5. The summed E-state index contributed by atoms with van der Waals surface area (Å²) in [5.41, 5.74) is 0.547. The maximum atomic E-state index is 14.1. The molecule has 9 heteroatoms. The van der Waals surface area contributed by atoms with Crippen LogP contribution in [0.4, 0.5) is 9.52 Å². The molecule has 2 N–H and O–H groups in total. The molecule has 0 saturated carbocycles. The Labute approximate surface area is 157 Å². The van der Waals surface area contributed by atoms with Crippen LogP contribution in [-0.2, 0) is 9.59 Å². The molecule has 0 radical (unpaired) electrons. The van der Waals surface area contributed by atoms with Gasteiger partial charge in [-0.3, -0.25) is 9.59 Å². The first-order valence-corrected chi connectivity index (χ1v) is 9.45. The van der Waals surface area contributed by atoms with E-state index in [1.807, 2.05) is 0 Å². The average Bonchev–Trinajstić information content (AvgIpc) is 3.13. The molecule has 26 heavy (non-hydrogen) atoms. The van der Waals surface area contributed by atoms with Gasteiger partial charge in [0.05, 0.1) is 22.4 Å². The number of amides is 2. The molecule has 0 fully saturated rings. The largest absolute Gasteiger partial charge is 0.320 e. The minimum absolute atomic E-state index is 0.00956. The first kappa shape index (κ1) is 18.1. The van der Waals surface area contributed by atoms with Crippen molar-refractivity contribution in [3.63, 3.8) is 0 Å². The molecule has 1 aliphatic rings. The van der Waals surface area contributed by atoms with Gasteiger partial charge in [0.1, 0.15) is 5.82 Å². The van der Waals surface area contributed by atoms with E-state index in [0.717, 1.165) is 11.8 Å². The number of rotatable bonds is 5. The van der Waals surface area contributed by atoms with Crippen LogP contribution in [0.15, 0.2) is 46.4 Å². The van der Waals surface area contributed by atoms with Crippen LogP contribution in [0.25, 0.3) is 0 Å². The molecule has 132 valence electrons.